The second-order valence-corrected chi connectivity index (χ2v) is 3.51. The first-order valence-electron chi connectivity index (χ1n) is 5.75. The van der Waals surface area contributed by atoms with Crippen molar-refractivity contribution >= 4 is 5.91 Å². The monoisotopic (exact) mass is 254 g/mol. The smallest absolute Gasteiger partial charge is 0.256 e. The van der Waals surface area contributed by atoms with E-state index in [1.54, 1.807) is 18.3 Å². The molecule has 0 spiro atoms. The van der Waals surface area contributed by atoms with Crippen LogP contribution in [0.2, 0.25) is 0 Å². The average molecular weight is 254 g/mol. The molecule has 100 valence electrons. The Balaban J connectivity index is 2.32. The molecule has 0 radical (unpaired) electrons. The Morgan fingerprint density at radius 1 is 1.50 bits per heavy atom. The molecule has 1 heterocycles. The number of carbonyl (C=O) groups is 1. The van der Waals surface area contributed by atoms with E-state index >= 15 is 0 Å². The molecule has 1 rings (SSSR count). The van der Waals surface area contributed by atoms with Crippen molar-refractivity contribution < 1.29 is 19.4 Å². The highest BCUT2D eigenvalue weighted by Crippen LogP contribution is 2.12. The molecule has 0 unspecified atom stereocenters. The third-order valence-corrected chi connectivity index (χ3v) is 2.20. The first-order chi connectivity index (χ1) is 8.79. The molecule has 0 bridgehead atoms. The second kappa shape index (κ2) is 8.43. The van der Waals surface area contributed by atoms with Crippen LogP contribution in [0.4, 0.5) is 0 Å². The summed E-state index contributed by atoms with van der Waals surface area (Å²) in [5, 5.41) is 11.3. The van der Waals surface area contributed by atoms with Gasteiger partial charge in [-0.3, -0.25) is 4.79 Å². The number of nitrogens with one attached hydrogen (secondary N) is 1. The lowest BCUT2D eigenvalue weighted by molar-refractivity contribution is 0.0866. The van der Waals surface area contributed by atoms with E-state index in [0.29, 0.717) is 37.6 Å². The van der Waals surface area contributed by atoms with E-state index in [-0.39, 0.29) is 12.5 Å². The average Bonchev–Trinajstić information content (AvgIpc) is 2.42. The summed E-state index contributed by atoms with van der Waals surface area (Å²) < 4.78 is 10.1. The first-order valence-corrected chi connectivity index (χ1v) is 5.75. The quantitative estimate of drug-likeness (QED) is 0.649. The van der Waals surface area contributed by atoms with Crippen LogP contribution in [0, 0.1) is 0 Å². The van der Waals surface area contributed by atoms with E-state index in [2.05, 4.69) is 10.3 Å². The van der Waals surface area contributed by atoms with E-state index in [0.717, 1.165) is 0 Å². The number of aliphatic hydroxyl groups excluding tert-OH is 1. The molecule has 1 amide bonds. The molecular weight excluding hydrogens is 236 g/mol. The predicted octanol–water partition coefficient (Wildman–Crippen LogP) is 0.219. The van der Waals surface area contributed by atoms with Crippen LogP contribution in [0.1, 0.15) is 16.8 Å². The van der Waals surface area contributed by atoms with E-state index in [4.69, 9.17) is 14.6 Å². The number of carbonyl (C=O) groups excluding carboxylic acids is 1. The van der Waals surface area contributed by atoms with Gasteiger partial charge >= 0.3 is 0 Å². The molecule has 0 saturated carbocycles. The van der Waals surface area contributed by atoms with Crippen LogP contribution in [0.3, 0.4) is 0 Å². The maximum atomic E-state index is 11.8. The highest BCUT2D eigenvalue weighted by atomic mass is 16.5. The summed E-state index contributed by atoms with van der Waals surface area (Å²) in [7, 11) is 1.47. The number of hydrogen-bond donors (Lipinski definition) is 2. The Bertz CT molecular complexity index is 371. The molecule has 1 aromatic rings. The lowest BCUT2D eigenvalue weighted by atomic mass is 10.2. The fourth-order valence-corrected chi connectivity index (χ4v) is 1.36. The Kier molecular flexibility index (Phi) is 6.75. The van der Waals surface area contributed by atoms with E-state index < -0.39 is 0 Å². The highest BCUT2D eigenvalue weighted by Gasteiger charge is 2.11. The van der Waals surface area contributed by atoms with Gasteiger partial charge in [-0.15, -0.1) is 0 Å². The summed E-state index contributed by atoms with van der Waals surface area (Å²) in [5.41, 5.74) is 0.413. The maximum absolute atomic E-state index is 11.8. The first kappa shape index (κ1) is 14.4. The minimum atomic E-state index is -0.220. The fraction of sp³-hybridized carbons (Fsp3) is 0.500. The lowest BCUT2D eigenvalue weighted by Gasteiger charge is -2.08. The molecule has 0 aromatic carbocycles. The van der Waals surface area contributed by atoms with Gasteiger partial charge in [-0.2, -0.15) is 0 Å². The van der Waals surface area contributed by atoms with E-state index in [9.17, 15) is 4.79 Å². The Morgan fingerprint density at radius 3 is 3.06 bits per heavy atom. The van der Waals surface area contributed by atoms with Gasteiger partial charge in [-0.25, -0.2) is 4.98 Å². The largest absolute Gasteiger partial charge is 0.480 e. The van der Waals surface area contributed by atoms with Gasteiger partial charge in [0.2, 0.25) is 5.88 Å². The summed E-state index contributed by atoms with van der Waals surface area (Å²) in [6.45, 7) is 1.34. The van der Waals surface area contributed by atoms with Crippen LogP contribution in [-0.2, 0) is 4.74 Å². The molecular formula is C12H18N2O4. The molecule has 6 heteroatoms. The second-order valence-electron chi connectivity index (χ2n) is 3.51. The van der Waals surface area contributed by atoms with Crippen LogP contribution in [0.25, 0.3) is 0 Å². The standard InChI is InChI=1S/C12H18N2O4/c1-17-12-10(4-2-5-14-12)11(16)13-6-3-8-18-9-7-15/h2,4-5,15H,3,6-9H2,1H3,(H,13,16). The van der Waals surface area contributed by atoms with Crippen molar-refractivity contribution in [1.82, 2.24) is 10.3 Å². The third kappa shape index (κ3) is 4.68. The molecule has 6 nitrogen and oxygen atoms in total. The van der Waals surface area contributed by atoms with Crippen molar-refractivity contribution in [2.45, 2.75) is 6.42 Å². The summed E-state index contributed by atoms with van der Waals surface area (Å²) in [6.07, 6.45) is 2.26. The number of methoxy groups -OCH3 is 1. The topological polar surface area (TPSA) is 80.7 Å². The SMILES string of the molecule is COc1ncccc1C(=O)NCCCOCCO. The van der Waals surface area contributed by atoms with E-state index in [1.165, 1.54) is 7.11 Å². The maximum Gasteiger partial charge on any atom is 0.256 e. The van der Waals surface area contributed by atoms with Gasteiger partial charge in [0, 0.05) is 19.3 Å². The minimum Gasteiger partial charge on any atom is -0.480 e. The van der Waals surface area contributed by atoms with Crippen LogP contribution in [0.5, 0.6) is 5.88 Å². The number of rotatable bonds is 8. The fourth-order valence-electron chi connectivity index (χ4n) is 1.36. The highest BCUT2D eigenvalue weighted by molar-refractivity contribution is 5.96. The van der Waals surface area contributed by atoms with Gasteiger partial charge in [-0.1, -0.05) is 0 Å². The molecule has 0 atom stereocenters. The zero-order valence-electron chi connectivity index (χ0n) is 10.4. The lowest BCUT2D eigenvalue weighted by Crippen LogP contribution is -2.26. The van der Waals surface area contributed by atoms with Crippen molar-refractivity contribution in [3.05, 3.63) is 23.9 Å². The number of nitrogens with zero attached hydrogens (tertiary/aromatic N) is 1. The van der Waals surface area contributed by atoms with Gasteiger partial charge in [0.25, 0.3) is 5.91 Å². The van der Waals surface area contributed by atoms with Gasteiger partial charge in [-0.05, 0) is 18.6 Å². The van der Waals surface area contributed by atoms with Crippen molar-refractivity contribution in [2.24, 2.45) is 0 Å². The van der Waals surface area contributed by atoms with Crippen molar-refractivity contribution in [3.63, 3.8) is 0 Å². The molecule has 0 aliphatic carbocycles. The number of hydrogen-bond acceptors (Lipinski definition) is 5. The van der Waals surface area contributed by atoms with Gasteiger partial charge in [0.1, 0.15) is 5.56 Å². The summed E-state index contributed by atoms with van der Waals surface area (Å²) in [5.74, 6) is 0.0913. The Morgan fingerprint density at radius 2 is 2.33 bits per heavy atom. The number of aromatic nitrogens is 1. The number of amides is 1. The normalized spacial score (nSPS) is 10.1. The van der Waals surface area contributed by atoms with Crippen molar-refractivity contribution in [1.29, 1.82) is 0 Å². The van der Waals surface area contributed by atoms with Crippen LogP contribution >= 0.6 is 0 Å². The Labute approximate surface area is 106 Å². The minimum absolute atomic E-state index is 0.0131. The summed E-state index contributed by atoms with van der Waals surface area (Å²) in [6, 6.07) is 3.34. The molecule has 1 aromatic heterocycles. The molecule has 0 aliphatic rings. The number of pyridine rings is 1. The third-order valence-electron chi connectivity index (χ3n) is 2.20. The van der Waals surface area contributed by atoms with Crippen LogP contribution in [-0.4, -0.2) is 49.5 Å². The summed E-state index contributed by atoms with van der Waals surface area (Å²) in [4.78, 5) is 15.8. The number of ether oxygens (including phenoxy) is 2. The molecule has 2 N–H and O–H groups in total. The molecule has 0 saturated heterocycles. The van der Waals surface area contributed by atoms with Crippen molar-refractivity contribution in [3.8, 4) is 5.88 Å². The van der Waals surface area contributed by atoms with E-state index in [1.807, 2.05) is 0 Å². The number of aliphatic hydroxyl groups is 1. The van der Waals surface area contributed by atoms with Crippen LogP contribution in [0.15, 0.2) is 18.3 Å². The molecule has 0 fully saturated rings. The van der Waals surface area contributed by atoms with Gasteiger partial charge < -0.3 is 19.9 Å². The van der Waals surface area contributed by atoms with Gasteiger partial charge in [0.15, 0.2) is 0 Å². The zero-order chi connectivity index (χ0) is 13.2. The predicted molar refractivity (Wildman–Crippen MR) is 65.6 cm³/mol. The van der Waals surface area contributed by atoms with Crippen molar-refractivity contribution in [2.75, 3.05) is 33.5 Å². The zero-order valence-corrected chi connectivity index (χ0v) is 10.4. The molecule has 18 heavy (non-hydrogen) atoms. The van der Waals surface area contributed by atoms with Crippen LogP contribution < -0.4 is 10.1 Å². The van der Waals surface area contributed by atoms with Gasteiger partial charge in [0.05, 0.1) is 20.3 Å². The Hall–Kier alpha value is -1.66. The molecule has 0 aliphatic heterocycles. The summed E-state index contributed by atoms with van der Waals surface area (Å²) >= 11 is 0.